The van der Waals surface area contributed by atoms with Crippen LogP contribution in [0.4, 0.5) is 0 Å². The minimum Gasteiger partial charge on any atom is -0.485 e. The van der Waals surface area contributed by atoms with E-state index in [0.29, 0.717) is 5.56 Å². The van der Waals surface area contributed by atoms with Gasteiger partial charge in [-0.15, -0.1) is 0 Å². The highest BCUT2D eigenvalue weighted by atomic mass is 16.7. The van der Waals surface area contributed by atoms with Crippen molar-refractivity contribution in [3.05, 3.63) is 65.7 Å². The second kappa shape index (κ2) is 16.1. The zero-order valence-electron chi connectivity index (χ0n) is 24.9. The molecule has 3 rings (SSSR count). The standard InChI is InChI=1S/C31H34O13/c1-6-38-25(35)15-13-21-12-14-23(39-17-22-10-8-7-9-11-22)24(16-21)43-31-29(42-20(4)34)27(41-19(3)33)26(40-18(2)32)28(44-31)30(36)37-5/h7-16,26-29,31H,6,17H2,1-5H3/b15-13+/t26-,27-,28-,29+,31+/m0/s1. The molecule has 5 atom stereocenters. The summed E-state index contributed by atoms with van der Waals surface area (Å²) in [4.78, 5) is 60.9. The van der Waals surface area contributed by atoms with Gasteiger partial charge in [-0.2, -0.15) is 0 Å². The molecule has 13 nitrogen and oxygen atoms in total. The van der Waals surface area contributed by atoms with E-state index < -0.39 is 60.6 Å². The van der Waals surface area contributed by atoms with E-state index in [4.69, 9.17) is 37.9 Å². The Kier molecular flexibility index (Phi) is 12.3. The van der Waals surface area contributed by atoms with E-state index in [-0.39, 0.29) is 24.7 Å². The number of benzene rings is 2. The van der Waals surface area contributed by atoms with Gasteiger partial charge in [-0.1, -0.05) is 36.4 Å². The molecule has 13 heteroatoms. The third-order valence-corrected chi connectivity index (χ3v) is 5.98. The van der Waals surface area contributed by atoms with Crippen LogP contribution in [0.15, 0.2) is 54.6 Å². The average Bonchev–Trinajstić information content (AvgIpc) is 2.98. The average molecular weight is 615 g/mol. The Bertz CT molecular complexity index is 1350. The third kappa shape index (κ3) is 9.56. The van der Waals surface area contributed by atoms with Crippen LogP contribution in [-0.4, -0.2) is 74.3 Å². The highest BCUT2D eigenvalue weighted by Gasteiger charge is 2.56. The van der Waals surface area contributed by atoms with Gasteiger partial charge in [0.1, 0.15) is 6.61 Å². The van der Waals surface area contributed by atoms with Gasteiger partial charge in [-0.05, 0) is 36.3 Å². The molecule has 1 fully saturated rings. The van der Waals surface area contributed by atoms with Crippen LogP contribution in [0.1, 0.15) is 38.8 Å². The number of ether oxygens (including phenoxy) is 8. The fourth-order valence-electron chi connectivity index (χ4n) is 4.23. The van der Waals surface area contributed by atoms with E-state index in [0.717, 1.165) is 33.4 Å². The maximum atomic E-state index is 12.8. The van der Waals surface area contributed by atoms with Gasteiger partial charge in [0.15, 0.2) is 29.8 Å². The third-order valence-electron chi connectivity index (χ3n) is 5.98. The molecule has 0 saturated carbocycles. The lowest BCUT2D eigenvalue weighted by molar-refractivity contribution is -0.282. The molecule has 0 aromatic heterocycles. The van der Waals surface area contributed by atoms with Gasteiger partial charge >= 0.3 is 29.8 Å². The topological polar surface area (TPSA) is 159 Å². The van der Waals surface area contributed by atoms with E-state index >= 15 is 0 Å². The van der Waals surface area contributed by atoms with E-state index in [9.17, 15) is 24.0 Å². The zero-order chi connectivity index (χ0) is 32.2. The molecule has 0 N–H and O–H groups in total. The second-order valence-corrected chi connectivity index (χ2v) is 9.35. The summed E-state index contributed by atoms with van der Waals surface area (Å²) in [5.74, 6) is -3.75. The van der Waals surface area contributed by atoms with Crippen molar-refractivity contribution in [3.8, 4) is 11.5 Å². The number of carbonyl (C=O) groups excluding carboxylic acids is 5. The Labute approximate surface area is 253 Å². The molecule has 0 amide bonds. The summed E-state index contributed by atoms with van der Waals surface area (Å²) in [5, 5.41) is 0. The first kappa shape index (κ1) is 33.6. The molecule has 44 heavy (non-hydrogen) atoms. The van der Waals surface area contributed by atoms with Crippen molar-refractivity contribution >= 4 is 35.9 Å². The van der Waals surface area contributed by atoms with Crippen LogP contribution in [0, 0.1) is 0 Å². The first-order chi connectivity index (χ1) is 21.0. The number of carbonyl (C=O) groups is 5. The summed E-state index contributed by atoms with van der Waals surface area (Å²) in [6.07, 6.45) is -5.17. The fraction of sp³-hybridized carbons (Fsp3) is 0.387. The Morgan fingerprint density at radius 2 is 1.45 bits per heavy atom. The summed E-state index contributed by atoms with van der Waals surface area (Å²) in [6, 6.07) is 14.0. The van der Waals surface area contributed by atoms with Crippen LogP contribution in [0.2, 0.25) is 0 Å². The molecule has 1 heterocycles. The number of hydrogen-bond acceptors (Lipinski definition) is 13. The molecule has 0 unspecified atom stereocenters. The lowest BCUT2D eigenvalue weighted by Crippen LogP contribution is -2.64. The zero-order valence-corrected chi connectivity index (χ0v) is 24.9. The Hall–Kier alpha value is -4.91. The van der Waals surface area contributed by atoms with Crippen molar-refractivity contribution in [2.45, 2.75) is 65.0 Å². The monoisotopic (exact) mass is 614 g/mol. The summed E-state index contributed by atoms with van der Waals surface area (Å²) < 4.78 is 44.0. The molecule has 0 aliphatic carbocycles. The van der Waals surface area contributed by atoms with Crippen molar-refractivity contribution in [2.24, 2.45) is 0 Å². The summed E-state index contributed by atoms with van der Waals surface area (Å²) in [7, 11) is 1.08. The quantitative estimate of drug-likeness (QED) is 0.195. The van der Waals surface area contributed by atoms with Crippen LogP contribution in [0.5, 0.6) is 11.5 Å². The van der Waals surface area contributed by atoms with E-state index in [1.165, 1.54) is 18.2 Å². The minimum absolute atomic E-state index is 0.0465. The van der Waals surface area contributed by atoms with E-state index in [1.807, 2.05) is 30.3 Å². The van der Waals surface area contributed by atoms with Gasteiger partial charge in [0.25, 0.3) is 0 Å². The SMILES string of the molecule is CCOC(=O)/C=C/c1ccc(OCc2ccccc2)c(O[C@@H]2O[C@H](C(=O)OC)[C@@H](OC(C)=O)[C@H](OC(C)=O)[C@H]2OC(C)=O)c1. The number of rotatable bonds is 12. The molecular formula is C31H34O13. The van der Waals surface area contributed by atoms with Crippen LogP contribution in [0.3, 0.4) is 0 Å². The predicted molar refractivity (Wildman–Crippen MR) is 151 cm³/mol. The summed E-state index contributed by atoms with van der Waals surface area (Å²) in [6.45, 7) is 5.28. The maximum Gasteiger partial charge on any atom is 0.339 e. The Balaban J connectivity index is 2.07. The smallest absolute Gasteiger partial charge is 0.339 e. The van der Waals surface area contributed by atoms with Crippen LogP contribution in [-0.2, 0) is 59.0 Å². The van der Waals surface area contributed by atoms with Gasteiger partial charge in [0, 0.05) is 26.8 Å². The molecule has 0 bridgehead atoms. The summed E-state index contributed by atoms with van der Waals surface area (Å²) >= 11 is 0. The Morgan fingerprint density at radius 3 is 2.07 bits per heavy atom. The Morgan fingerprint density at radius 1 is 0.818 bits per heavy atom. The van der Waals surface area contributed by atoms with Crippen LogP contribution >= 0.6 is 0 Å². The van der Waals surface area contributed by atoms with Crippen molar-refractivity contribution in [2.75, 3.05) is 13.7 Å². The normalized spacial score (nSPS) is 21.1. The van der Waals surface area contributed by atoms with Gasteiger partial charge in [0.05, 0.1) is 13.7 Å². The van der Waals surface area contributed by atoms with Crippen LogP contribution < -0.4 is 9.47 Å². The van der Waals surface area contributed by atoms with Crippen molar-refractivity contribution < 1.29 is 61.9 Å². The largest absolute Gasteiger partial charge is 0.485 e. The lowest BCUT2D eigenvalue weighted by atomic mass is 9.97. The molecule has 1 aliphatic heterocycles. The minimum atomic E-state index is -1.65. The van der Waals surface area contributed by atoms with Gasteiger partial charge in [-0.25, -0.2) is 9.59 Å². The molecule has 236 valence electrons. The summed E-state index contributed by atoms with van der Waals surface area (Å²) in [5.41, 5.74) is 1.33. The van der Waals surface area contributed by atoms with E-state index in [2.05, 4.69) is 0 Å². The molecular weight excluding hydrogens is 580 g/mol. The molecule has 2 aromatic rings. The van der Waals surface area contributed by atoms with Crippen molar-refractivity contribution in [1.29, 1.82) is 0 Å². The van der Waals surface area contributed by atoms with Crippen LogP contribution in [0.25, 0.3) is 6.08 Å². The van der Waals surface area contributed by atoms with Crippen molar-refractivity contribution in [3.63, 3.8) is 0 Å². The number of esters is 5. The molecule has 1 saturated heterocycles. The van der Waals surface area contributed by atoms with Gasteiger partial charge < -0.3 is 37.9 Å². The maximum absolute atomic E-state index is 12.8. The molecule has 0 spiro atoms. The fourth-order valence-corrected chi connectivity index (χ4v) is 4.23. The number of methoxy groups -OCH3 is 1. The highest BCUT2D eigenvalue weighted by Crippen LogP contribution is 2.36. The first-order valence-electron chi connectivity index (χ1n) is 13.6. The second-order valence-electron chi connectivity index (χ2n) is 9.35. The molecule has 0 radical (unpaired) electrons. The molecule has 1 aliphatic rings. The predicted octanol–water partition coefficient (Wildman–Crippen LogP) is 2.91. The highest BCUT2D eigenvalue weighted by molar-refractivity contribution is 5.87. The molecule has 2 aromatic carbocycles. The van der Waals surface area contributed by atoms with Gasteiger partial charge in [0.2, 0.25) is 12.4 Å². The lowest BCUT2D eigenvalue weighted by Gasteiger charge is -2.43. The van der Waals surface area contributed by atoms with Crippen molar-refractivity contribution in [1.82, 2.24) is 0 Å². The number of hydrogen-bond donors (Lipinski definition) is 0. The van der Waals surface area contributed by atoms with Gasteiger partial charge in [-0.3, -0.25) is 14.4 Å². The first-order valence-corrected chi connectivity index (χ1v) is 13.6. The van der Waals surface area contributed by atoms with E-state index in [1.54, 1.807) is 19.1 Å².